The molecule has 1 heterocycles. The molecule has 1 aromatic heterocycles. The molecule has 0 atom stereocenters. The number of aromatic nitrogens is 1. The van der Waals surface area contributed by atoms with Gasteiger partial charge in [0, 0.05) is 37.4 Å². The van der Waals surface area contributed by atoms with Gasteiger partial charge in [-0.3, -0.25) is 0 Å². The first kappa shape index (κ1) is 51.9. The summed E-state index contributed by atoms with van der Waals surface area (Å²) in [6, 6.07) is 34.8. The molecule has 5 aromatic carbocycles. The highest BCUT2D eigenvalue weighted by atomic mass is 19.4. The maximum absolute atomic E-state index is 12.9. The summed E-state index contributed by atoms with van der Waals surface area (Å²) in [5.74, 6) is -0.269. The van der Waals surface area contributed by atoms with E-state index in [1.165, 1.54) is 24.3 Å². The van der Waals surface area contributed by atoms with E-state index in [2.05, 4.69) is 23.6 Å². The Morgan fingerprint density at radius 3 is 1.50 bits per heavy atom. The fourth-order valence-electron chi connectivity index (χ4n) is 7.26. The largest absolute Gasteiger partial charge is 0.482 e. The van der Waals surface area contributed by atoms with E-state index in [1.807, 2.05) is 74.5 Å². The van der Waals surface area contributed by atoms with E-state index in [4.69, 9.17) is 24.7 Å². The zero-order chi connectivity index (χ0) is 49.4. The second-order valence-corrected chi connectivity index (χ2v) is 16.2. The normalized spacial score (nSPS) is 11.3. The van der Waals surface area contributed by atoms with E-state index in [1.54, 1.807) is 18.2 Å². The van der Waals surface area contributed by atoms with Crippen LogP contribution in [0.15, 0.2) is 127 Å². The van der Waals surface area contributed by atoms with Gasteiger partial charge in [-0.15, -0.1) is 0 Å². The number of ether oxygens (including phenoxy) is 2. The first-order valence-electron chi connectivity index (χ1n) is 22.1. The topological polar surface area (TPSA) is 112 Å². The van der Waals surface area contributed by atoms with E-state index in [9.17, 15) is 35.9 Å². The van der Waals surface area contributed by atoms with Crippen LogP contribution in [0.2, 0.25) is 0 Å². The van der Waals surface area contributed by atoms with Gasteiger partial charge < -0.3 is 29.5 Å². The molecule has 6 rings (SSSR count). The lowest BCUT2D eigenvalue weighted by Crippen LogP contribution is -2.25. The molecule has 0 aliphatic rings. The van der Waals surface area contributed by atoms with Gasteiger partial charge in [0.2, 0.25) is 0 Å². The molecule has 15 heteroatoms. The van der Waals surface area contributed by atoms with Crippen LogP contribution in [-0.4, -0.2) is 53.4 Å². The Hall–Kier alpha value is -7.03. The van der Waals surface area contributed by atoms with E-state index in [0.29, 0.717) is 35.8 Å². The molecule has 0 spiro atoms. The second kappa shape index (κ2) is 24.1. The van der Waals surface area contributed by atoms with E-state index >= 15 is 0 Å². The molecule has 2 N–H and O–H groups in total. The monoisotopic (exact) mass is 943 g/mol. The van der Waals surface area contributed by atoms with Gasteiger partial charge in [0.15, 0.2) is 13.2 Å². The Morgan fingerprint density at radius 2 is 1.03 bits per heavy atom. The number of nitrogens with zero attached hydrogens (tertiary/aromatic N) is 3. The van der Waals surface area contributed by atoms with Crippen LogP contribution in [-0.2, 0) is 35.0 Å². The number of halogens is 6. The average Bonchev–Trinajstić information content (AvgIpc) is 3.31. The van der Waals surface area contributed by atoms with E-state index < -0.39 is 42.0 Å². The van der Waals surface area contributed by atoms with Gasteiger partial charge in [-0.2, -0.15) is 26.3 Å². The van der Waals surface area contributed by atoms with Gasteiger partial charge in [0.25, 0.3) is 0 Å². The highest BCUT2D eigenvalue weighted by molar-refractivity contribution is 5.70. The quantitative estimate of drug-likeness (QED) is 0.0723. The number of benzene rings is 5. The van der Waals surface area contributed by atoms with Gasteiger partial charge in [0.05, 0.1) is 16.8 Å². The molecular formula is C53H55F6N3O6. The number of alkyl halides is 6. The number of aryl methyl sites for hydroxylation is 2. The van der Waals surface area contributed by atoms with Gasteiger partial charge >= 0.3 is 24.3 Å². The first-order chi connectivity index (χ1) is 32.3. The van der Waals surface area contributed by atoms with Crippen molar-refractivity contribution in [2.75, 3.05) is 36.1 Å². The molecule has 9 nitrogen and oxygen atoms in total. The highest BCUT2D eigenvalue weighted by Crippen LogP contribution is 2.34. The van der Waals surface area contributed by atoms with Crippen LogP contribution in [0.1, 0.15) is 72.9 Å². The Kier molecular flexibility index (Phi) is 18.4. The summed E-state index contributed by atoms with van der Waals surface area (Å²) in [6.07, 6.45) is -4.78. The minimum Gasteiger partial charge on any atom is -0.482 e. The van der Waals surface area contributed by atoms with Gasteiger partial charge in [0.1, 0.15) is 17.3 Å². The van der Waals surface area contributed by atoms with Crippen molar-refractivity contribution >= 4 is 23.4 Å². The number of hydrogen-bond donors (Lipinski definition) is 2. The van der Waals surface area contributed by atoms with Gasteiger partial charge in [-0.1, -0.05) is 93.4 Å². The van der Waals surface area contributed by atoms with Crippen LogP contribution in [0.3, 0.4) is 0 Å². The third-order valence-electron chi connectivity index (χ3n) is 10.8. The number of anilines is 2. The summed E-state index contributed by atoms with van der Waals surface area (Å²) in [6.45, 7) is 9.96. The lowest BCUT2D eigenvalue weighted by molar-refractivity contribution is -0.140. The summed E-state index contributed by atoms with van der Waals surface area (Å²) < 4.78 is 88.0. The molecule has 360 valence electrons. The molecule has 68 heavy (non-hydrogen) atoms. The maximum atomic E-state index is 12.9. The van der Waals surface area contributed by atoms with Crippen molar-refractivity contribution in [3.63, 3.8) is 0 Å². The van der Waals surface area contributed by atoms with Gasteiger partial charge in [-0.05, 0) is 121 Å². The zero-order valence-corrected chi connectivity index (χ0v) is 38.3. The van der Waals surface area contributed by atoms with Crippen LogP contribution in [0.4, 0.5) is 37.8 Å². The Bertz CT molecular complexity index is 2400. The molecule has 0 unspecified atom stereocenters. The second-order valence-electron chi connectivity index (χ2n) is 16.2. The average molecular weight is 944 g/mol. The smallest absolute Gasteiger partial charge is 0.416 e. The molecule has 0 amide bonds. The molecule has 0 bridgehead atoms. The molecule has 0 radical (unpaired) electrons. The molecule has 0 aliphatic heterocycles. The van der Waals surface area contributed by atoms with Crippen molar-refractivity contribution in [2.24, 2.45) is 0 Å². The lowest BCUT2D eigenvalue weighted by Gasteiger charge is -2.26. The minimum absolute atomic E-state index is 0.389. The number of aliphatic carboxylic acids is 2. The molecular weight excluding hydrogens is 889 g/mol. The van der Waals surface area contributed by atoms with Crippen molar-refractivity contribution in [3.8, 4) is 33.9 Å². The van der Waals surface area contributed by atoms with Crippen molar-refractivity contribution in [3.05, 3.63) is 161 Å². The Balaban J connectivity index is 0.000000254. The van der Waals surface area contributed by atoms with Crippen molar-refractivity contribution < 1.29 is 55.6 Å². The van der Waals surface area contributed by atoms with Crippen LogP contribution < -0.4 is 19.3 Å². The van der Waals surface area contributed by atoms with E-state index in [0.717, 1.165) is 108 Å². The minimum atomic E-state index is -4.38. The SMILES string of the molecule is CCCCN(Cc1ccc(OCC(=O)O)c(C)c1)c1cccc(-c2ccc(C(F)(F)F)cc2)c1.CCCCN(Cc1ccc(OCC(=O)O)c(C)c1)c1cccc(-c2ccc(C(F)(F)F)cc2)n1. The van der Waals surface area contributed by atoms with Crippen molar-refractivity contribution in [1.29, 1.82) is 0 Å². The van der Waals surface area contributed by atoms with Crippen LogP contribution in [0.5, 0.6) is 11.5 Å². The number of carboxylic acid groups (broad SMARTS) is 2. The number of pyridine rings is 1. The van der Waals surface area contributed by atoms with E-state index in [-0.39, 0.29) is 6.61 Å². The van der Waals surface area contributed by atoms with Crippen molar-refractivity contribution in [1.82, 2.24) is 4.98 Å². The number of carboxylic acids is 2. The summed E-state index contributed by atoms with van der Waals surface area (Å²) in [7, 11) is 0. The Morgan fingerprint density at radius 1 is 0.559 bits per heavy atom. The van der Waals surface area contributed by atoms with Crippen LogP contribution in [0, 0.1) is 13.8 Å². The first-order valence-corrected chi connectivity index (χ1v) is 22.1. The summed E-state index contributed by atoms with van der Waals surface area (Å²) >= 11 is 0. The Labute approximate surface area is 392 Å². The predicted octanol–water partition coefficient (Wildman–Crippen LogP) is 13.3. The number of carbonyl (C=O) groups is 2. The van der Waals surface area contributed by atoms with Gasteiger partial charge in [-0.25, -0.2) is 14.6 Å². The number of hydrogen-bond acceptors (Lipinski definition) is 7. The summed E-state index contributed by atoms with van der Waals surface area (Å²) in [4.78, 5) is 30.6. The third kappa shape index (κ3) is 15.5. The molecule has 0 aliphatic carbocycles. The zero-order valence-electron chi connectivity index (χ0n) is 38.3. The fourth-order valence-corrected chi connectivity index (χ4v) is 7.26. The molecule has 6 aromatic rings. The highest BCUT2D eigenvalue weighted by Gasteiger charge is 2.31. The lowest BCUT2D eigenvalue weighted by atomic mass is 10.0. The molecule has 0 saturated carbocycles. The predicted molar refractivity (Wildman–Crippen MR) is 252 cm³/mol. The number of unbranched alkanes of at least 4 members (excludes halogenated alkanes) is 2. The number of rotatable bonds is 20. The molecule has 0 saturated heterocycles. The third-order valence-corrected chi connectivity index (χ3v) is 10.8. The standard InChI is InChI=1S/C27H28F3NO3.C26H27F3N2O3/c1-3-4-14-31(17-20-8-13-25(19(2)15-20)34-18-26(32)33)24-7-5-6-22(16-24)21-9-11-23(12-10-21)27(28,29)30;1-3-4-14-31(16-19-8-13-23(18(2)15-19)34-17-25(32)33)24-7-5-6-22(30-24)20-9-11-21(12-10-20)26(27,28)29/h5-13,15-16H,3-4,14,17-18H2,1-2H3,(H,32,33);5-13,15H,3-4,14,16-17H2,1-2H3,(H,32,33). The summed E-state index contributed by atoms with van der Waals surface area (Å²) in [5, 5.41) is 17.6. The van der Waals surface area contributed by atoms with Crippen LogP contribution in [0.25, 0.3) is 22.4 Å². The van der Waals surface area contributed by atoms with Crippen molar-refractivity contribution in [2.45, 2.75) is 78.8 Å². The molecule has 0 fully saturated rings. The van der Waals surface area contributed by atoms with Crippen LogP contribution >= 0.6 is 0 Å². The summed E-state index contributed by atoms with van der Waals surface area (Å²) in [5.41, 5.74) is 6.16. The fraction of sp³-hybridized carbons (Fsp3) is 0.302. The maximum Gasteiger partial charge on any atom is 0.416 e.